The molecule has 2 aromatic heterocycles. The van der Waals surface area contributed by atoms with Gasteiger partial charge in [0.25, 0.3) is 5.89 Å². The minimum Gasteiger partial charge on any atom is -0.444 e. The van der Waals surface area contributed by atoms with Crippen LogP contribution in [0.15, 0.2) is 4.42 Å². The van der Waals surface area contributed by atoms with E-state index in [2.05, 4.69) is 15.2 Å². The summed E-state index contributed by atoms with van der Waals surface area (Å²) in [6.07, 6.45) is -0.326. The number of rotatable bonds is 2. The van der Waals surface area contributed by atoms with Crippen LogP contribution in [0.2, 0.25) is 0 Å². The van der Waals surface area contributed by atoms with Gasteiger partial charge in [0.15, 0.2) is 5.82 Å². The molecule has 0 spiro atoms. The number of carbonyl (C=O) groups is 1. The fourth-order valence-corrected chi connectivity index (χ4v) is 2.60. The maximum atomic E-state index is 12.2. The first kappa shape index (κ1) is 15.5. The lowest BCUT2D eigenvalue weighted by molar-refractivity contribution is 0.0237. The van der Waals surface area contributed by atoms with E-state index in [-0.39, 0.29) is 6.09 Å². The van der Waals surface area contributed by atoms with Crippen molar-refractivity contribution in [2.75, 3.05) is 0 Å². The molecule has 1 amide bonds. The number of hydrogen-bond donors (Lipinski definition) is 0. The van der Waals surface area contributed by atoms with Crippen molar-refractivity contribution in [1.29, 1.82) is 0 Å². The summed E-state index contributed by atoms with van der Waals surface area (Å²) in [5, 5.41) is 7.88. The van der Waals surface area contributed by atoms with Crippen molar-refractivity contribution in [3.63, 3.8) is 0 Å². The third-order valence-corrected chi connectivity index (χ3v) is 3.52. The molecule has 0 atom stereocenters. The van der Waals surface area contributed by atoms with Crippen LogP contribution in [0.4, 0.5) is 4.79 Å². The second kappa shape index (κ2) is 5.36. The van der Waals surface area contributed by atoms with Gasteiger partial charge in [0, 0.05) is 13.5 Å². The van der Waals surface area contributed by atoms with E-state index >= 15 is 0 Å². The first-order valence-electron chi connectivity index (χ1n) is 7.65. The van der Waals surface area contributed by atoms with Crippen LogP contribution in [0.1, 0.15) is 45.0 Å². The maximum absolute atomic E-state index is 12.2. The summed E-state index contributed by atoms with van der Waals surface area (Å²) in [6.45, 7) is 10.9. The fraction of sp³-hybridized carbons (Fsp3) is 0.600. The van der Waals surface area contributed by atoms with Crippen LogP contribution in [0.5, 0.6) is 0 Å². The number of imidazole rings is 1. The van der Waals surface area contributed by atoms with Crippen molar-refractivity contribution in [2.24, 2.45) is 0 Å². The molecule has 124 valence electrons. The van der Waals surface area contributed by atoms with Crippen molar-refractivity contribution < 1.29 is 13.9 Å². The lowest BCUT2D eigenvalue weighted by Crippen LogP contribution is -2.33. The molecule has 0 bridgehead atoms. The van der Waals surface area contributed by atoms with E-state index in [1.807, 2.05) is 32.3 Å². The van der Waals surface area contributed by atoms with Gasteiger partial charge in [0.05, 0.1) is 24.5 Å². The van der Waals surface area contributed by atoms with Crippen molar-refractivity contribution in [3.8, 4) is 11.7 Å². The van der Waals surface area contributed by atoms with Gasteiger partial charge in [0.1, 0.15) is 5.60 Å². The Balaban J connectivity index is 1.85. The normalized spacial score (nSPS) is 14.2. The molecule has 3 rings (SSSR count). The Bertz CT molecular complexity index is 741. The lowest BCUT2D eigenvalue weighted by atomic mass is 10.2. The van der Waals surface area contributed by atoms with E-state index in [0.29, 0.717) is 37.2 Å². The SMILES string of the molecule is CCn1c(-c2nnc(C)o2)nc2c1CN(C(=O)OC(C)(C)C)C2. The van der Waals surface area contributed by atoms with Gasteiger partial charge in [0.2, 0.25) is 5.89 Å². The Morgan fingerprint density at radius 3 is 2.61 bits per heavy atom. The first-order chi connectivity index (χ1) is 10.8. The average Bonchev–Trinajstić information content (AvgIpc) is 3.08. The topological polar surface area (TPSA) is 86.3 Å². The zero-order valence-corrected chi connectivity index (χ0v) is 14.1. The Labute approximate surface area is 134 Å². The Kier molecular flexibility index (Phi) is 3.62. The zero-order valence-electron chi connectivity index (χ0n) is 14.1. The third kappa shape index (κ3) is 2.93. The molecule has 0 aliphatic carbocycles. The number of aromatic nitrogens is 4. The highest BCUT2D eigenvalue weighted by Gasteiger charge is 2.33. The predicted octanol–water partition coefficient (Wildman–Crippen LogP) is 2.51. The summed E-state index contributed by atoms with van der Waals surface area (Å²) in [7, 11) is 0. The monoisotopic (exact) mass is 319 g/mol. The molecule has 0 saturated heterocycles. The van der Waals surface area contributed by atoms with Gasteiger partial charge in [-0.1, -0.05) is 0 Å². The van der Waals surface area contributed by atoms with E-state index in [4.69, 9.17) is 9.15 Å². The number of ether oxygens (including phenoxy) is 1. The molecule has 8 heteroatoms. The molecule has 0 fully saturated rings. The number of fused-ring (bicyclic) bond motifs is 1. The van der Waals surface area contributed by atoms with Gasteiger partial charge in [-0.3, -0.25) is 4.90 Å². The van der Waals surface area contributed by atoms with Crippen molar-refractivity contribution in [1.82, 2.24) is 24.6 Å². The van der Waals surface area contributed by atoms with E-state index < -0.39 is 5.60 Å². The Morgan fingerprint density at radius 1 is 1.30 bits per heavy atom. The molecular formula is C15H21N5O3. The van der Waals surface area contributed by atoms with E-state index in [1.54, 1.807) is 11.8 Å². The molecular weight excluding hydrogens is 298 g/mol. The summed E-state index contributed by atoms with van der Waals surface area (Å²) < 4.78 is 12.9. The molecule has 0 aromatic carbocycles. The van der Waals surface area contributed by atoms with Crippen LogP contribution in [-0.4, -0.2) is 36.3 Å². The van der Waals surface area contributed by atoms with Gasteiger partial charge >= 0.3 is 6.09 Å². The molecule has 2 aromatic rings. The van der Waals surface area contributed by atoms with Crippen LogP contribution < -0.4 is 0 Å². The number of nitrogens with zero attached hydrogens (tertiary/aromatic N) is 5. The van der Waals surface area contributed by atoms with E-state index in [9.17, 15) is 4.79 Å². The Hall–Kier alpha value is -2.38. The smallest absolute Gasteiger partial charge is 0.410 e. The van der Waals surface area contributed by atoms with Crippen LogP contribution in [-0.2, 0) is 24.4 Å². The van der Waals surface area contributed by atoms with Gasteiger partial charge in [-0.15, -0.1) is 10.2 Å². The molecule has 1 aliphatic heterocycles. The molecule has 8 nitrogen and oxygen atoms in total. The molecule has 0 N–H and O–H groups in total. The highest BCUT2D eigenvalue weighted by atomic mass is 16.6. The van der Waals surface area contributed by atoms with Crippen LogP contribution in [0, 0.1) is 6.92 Å². The van der Waals surface area contributed by atoms with Gasteiger partial charge in [-0.05, 0) is 27.7 Å². The average molecular weight is 319 g/mol. The van der Waals surface area contributed by atoms with E-state index in [1.165, 1.54) is 0 Å². The molecule has 0 radical (unpaired) electrons. The number of aryl methyl sites for hydroxylation is 1. The summed E-state index contributed by atoms with van der Waals surface area (Å²) in [5.41, 5.74) is 1.33. The summed E-state index contributed by atoms with van der Waals surface area (Å²) >= 11 is 0. The van der Waals surface area contributed by atoms with Gasteiger partial charge < -0.3 is 13.7 Å². The minimum atomic E-state index is -0.510. The standard InChI is InChI=1S/C15H21N5O3/c1-6-20-11-8-19(14(21)23-15(3,4)5)7-10(11)16-12(20)13-18-17-9(2)22-13/h6-8H2,1-5H3. The minimum absolute atomic E-state index is 0.326. The zero-order chi connectivity index (χ0) is 16.8. The highest BCUT2D eigenvalue weighted by molar-refractivity contribution is 5.69. The summed E-state index contributed by atoms with van der Waals surface area (Å²) in [4.78, 5) is 18.5. The van der Waals surface area contributed by atoms with Crippen molar-refractivity contribution >= 4 is 6.09 Å². The summed E-state index contributed by atoms with van der Waals surface area (Å²) in [5.74, 6) is 1.56. The first-order valence-corrected chi connectivity index (χ1v) is 7.65. The number of amides is 1. The van der Waals surface area contributed by atoms with Gasteiger partial charge in [-0.2, -0.15) is 0 Å². The Morgan fingerprint density at radius 2 is 2.04 bits per heavy atom. The third-order valence-electron chi connectivity index (χ3n) is 3.52. The van der Waals surface area contributed by atoms with Crippen LogP contribution in [0.3, 0.4) is 0 Å². The molecule has 0 unspecified atom stereocenters. The molecule has 1 aliphatic rings. The van der Waals surface area contributed by atoms with Crippen LogP contribution >= 0.6 is 0 Å². The number of carbonyl (C=O) groups excluding carboxylic acids is 1. The van der Waals surface area contributed by atoms with E-state index in [0.717, 1.165) is 11.4 Å². The second-order valence-electron chi connectivity index (χ2n) is 6.54. The van der Waals surface area contributed by atoms with Gasteiger partial charge in [-0.25, -0.2) is 9.78 Å². The summed E-state index contributed by atoms with van der Waals surface area (Å²) in [6, 6.07) is 0. The van der Waals surface area contributed by atoms with Crippen LogP contribution in [0.25, 0.3) is 11.7 Å². The van der Waals surface area contributed by atoms with Crippen molar-refractivity contribution in [2.45, 2.75) is 59.9 Å². The quantitative estimate of drug-likeness (QED) is 0.845. The largest absolute Gasteiger partial charge is 0.444 e. The fourth-order valence-electron chi connectivity index (χ4n) is 2.60. The molecule has 23 heavy (non-hydrogen) atoms. The second-order valence-corrected chi connectivity index (χ2v) is 6.54. The lowest BCUT2D eigenvalue weighted by Gasteiger charge is -2.24. The predicted molar refractivity (Wildman–Crippen MR) is 81.4 cm³/mol. The maximum Gasteiger partial charge on any atom is 0.410 e. The molecule has 0 saturated carbocycles. The number of hydrogen-bond acceptors (Lipinski definition) is 6. The van der Waals surface area contributed by atoms with Crippen molar-refractivity contribution in [3.05, 3.63) is 17.3 Å². The highest BCUT2D eigenvalue weighted by Crippen LogP contribution is 2.29. The molecule has 3 heterocycles.